The first kappa shape index (κ1) is 14.6. The van der Waals surface area contributed by atoms with Crippen LogP contribution in [-0.2, 0) is 0 Å². The number of aryl methyl sites for hydroxylation is 2. The standard InChI is InChI=1S/C18H24N2/c1-5-18(19)15-6-8-16(9-7-15)20(4)17-11-13(2)10-14(3)12-17/h6-12,18H,5,19H2,1-4H3. The summed E-state index contributed by atoms with van der Waals surface area (Å²) in [6, 6.07) is 15.3. The van der Waals surface area contributed by atoms with E-state index in [9.17, 15) is 0 Å². The summed E-state index contributed by atoms with van der Waals surface area (Å²) in [6.07, 6.45) is 0.965. The van der Waals surface area contributed by atoms with Crippen LogP contribution in [0.3, 0.4) is 0 Å². The first-order valence-electron chi connectivity index (χ1n) is 7.19. The maximum Gasteiger partial charge on any atom is 0.0413 e. The summed E-state index contributed by atoms with van der Waals surface area (Å²) in [6.45, 7) is 6.38. The van der Waals surface area contributed by atoms with Crippen LogP contribution in [0.15, 0.2) is 42.5 Å². The van der Waals surface area contributed by atoms with Crippen LogP contribution in [0.1, 0.15) is 36.1 Å². The number of rotatable bonds is 4. The second-order valence-electron chi connectivity index (χ2n) is 5.51. The van der Waals surface area contributed by atoms with Crippen LogP contribution in [0.5, 0.6) is 0 Å². The van der Waals surface area contributed by atoms with E-state index in [0.717, 1.165) is 6.42 Å². The van der Waals surface area contributed by atoms with Crippen LogP contribution in [0.4, 0.5) is 11.4 Å². The second kappa shape index (κ2) is 6.10. The summed E-state index contributed by atoms with van der Waals surface area (Å²) in [7, 11) is 2.10. The lowest BCUT2D eigenvalue weighted by atomic mass is 10.0. The number of hydrogen-bond acceptors (Lipinski definition) is 2. The van der Waals surface area contributed by atoms with Gasteiger partial charge in [-0.1, -0.05) is 25.1 Å². The van der Waals surface area contributed by atoms with E-state index in [4.69, 9.17) is 5.73 Å². The molecule has 0 saturated heterocycles. The van der Waals surface area contributed by atoms with E-state index in [-0.39, 0.29) is 6.04 Å². The lowest BCUT2D eigenvalue weighted by molar-refractivity contribution is 0.699. The Hall–Kier alpha value is -1.80. The van der Waals surface area contributed by atoms with Crippen molar-refractivity contribution in [2.45, 2.75) is 33.2 Å². The highest BCUT2D eigenvalue weighted by molar-refractivity contribution is 5.64. The molecule has 0 aliphatic heterocycles. The van der Waals surface area contributed by atoms with Gasteiger partial charge in [0.1, 0.15) is 0 Å². The lowest BCUT2D eigenvalue weighted by Crippen LogP contribution is -2.11. The number of hydrogen-bond donors (Lipinski definition) is 1. The molecule has 0 bridgehead atoms. The second-order valence-corrected chi connectivity index (χ2v) is 5.51. The number of anilines is 2. The third-order valence-corrected chi connectivity index (χ3v) is 3.74. The average molecular weight is 268 g/mol. The highest BCUT2D eigenvalue weighted by Gasteiger charge is 2.07. The van der Waals surface area contributed by atoms with Gasteiger partial charge in [0, 0.05) is 24.5 Å². The zero-order chi connectivity index (χ0) is 14.7. The first-order valence-corrected chi connectivity index (χ1v) is 7.19. The molecule has 0 fully saturated rings. The van der Waals surface area contributed by atoms with E-state index in [1.165, 1.54) is 28.1 Å². The summed E-state index contributed by atoms with van der Waals surface area (Å²) in [5, 5.41) is 0. The van der Waals surface area contributed by atoms with Crippen molar-refractivity contribution in [1.29, 1.82) is 0 Å². The molecule has 0 aromatic heterocycles. The van der Waals surface area contributed by atoms with Gasteiger partial charge >= 0.3 is 0 Å². The largest absolute Gasteiger partial charge is 0.345 e. The Kier molecular flexibility index (Phi) is 4.46. The van der Waals surface area contributed by atoms with Crippen molar-refractivity contribution >= 4 is 11.4 Å². The normalized spacial score (nSPS) is 12.2. The van der Waals surface area contributed by atoms with E-state index in [2.05, 4.69) is 75.2 Å². The van der Waals surface area contributed by atoms with Gasteiger partial charge in [-0.15, -0.1) is 0 Å². The Bertz CT molecular complexity index is 552. The molecule has 2 heteroatoms. The van der Waals surface area contributed by atoms with E-state index in [1.54, 1.807) is 0 Å². The molecule has 2 aromatic rings. The Labute approximate surface area is 122 Å². The summed E-state index contributed by atoms with van der Waals surface area (Å²) in [5.41, 5.74) is 12.2. The van der Waals surface area contributed by atoms with Crippen LogP contribution in [0, 0.1) is 13.8 Å². The summed E-state index contributed by atoms with van der Waals surface area (Å²) < 4.78 is 0. The summed E-state index contributed by atoms with van der Waals surface area (Å²) >= 11 is 0. The van der Waals surface area contributed by atoms with Crippen molar-refractivity contribution in [3.63, 3.8) is 0 Å². The fourth-order valence-corrected chi connectivity index (χ4v) is 2.47. The molecular weight excluding hydrogens is 244 g/mol. The van der Waals surface area contributed by atoms with Gasteiger partial charge in [-0.05, 0) is 61.2 Å². The minimum absolute atomic E-state index is 0.135. The minimum atomic E-state index is 0.135. The molecule has 1 atom stereocenters. The van der Waals surface area contributed by atoms with Gasteiger partial charge in [-0.3, -0.25) is 0 Å². The van der Waals surface area contributed by atoms with Crippen molar-refractivity contribution in [2.24, 2.45) is 5.73 Å². The molecule has 2 rings (SSSR count). The zero-order valence-corrected chi connectivity index (χ0v) is 12.9. The van der Waals surface area contributed by atoms with Crippen LogP contribution in [0.2, 0.25) is 0 Å². The van der Waals surface area contributed by atoms with E-state index in [1.807, 2.05) is 0 Å². The monoisotopic (exact) mass is 268 g/mol. The molecule has 0 radical (unpaired) electrons. The number of nitrogens with two attached hydrogens (primary N) is 1. The van der Waals surface area contributed by atoms with Gasteiger partial charge in [0.15, 0.2) is 0 Å². The summed E-state index contributed by atoms with van der Waals surface area (Å²) in [4.78, 5) is 2.21. The summed E-state index contributed by atoms with van der Waals surface area (Å²) in [5.74, 6) is 0. The number of nitrogens with zero attached hydrogens (tertiary/aromatic N) is 1. The fourth-order valence-electron chi connectivity index (χ4n) is 2.47. The van der Waals surface area contributed by atoms with Crippen molar-refractivity contribution in [3.05, 3.63) is 59.2 Å². The Morgan fingerprint density at radius 2 is 1.50 bits per heavy atom. The minimum Gasteiger partial charge on any atom is -0.345 e. The van der Waals surface area contributed by atoms with Crippen molar-refractivity contribution in [2.75, 3.05) is 11.9 Å². The molecule has 2 nitrogen and oxygen atoms in total. The molecule has 0 spiro atoms. The Morgan fingerprint density at radius 1 is 0.950 bits per heavy atom. The highest BCUT2D eigenvalue weighted by atomic mass is 15.1. The van der Waals surface area contributed by atoms with Gasteiger partial charge in [-0.25, -0.2) is 0 Å². The van der Waals surface area contributed by atoms with Crippen molar-refractivity contribution in [3.8, 4) is 0 Å². The molecule has 20 heavy (non-hydrogen) atoms. The molecule has 0 saturated carbocycles. The lowest BCUT2D eigenvalue weighted by Gasteiger charge is -2.21. The van der Waals surface area contributed by atoms with Gasteiger partial charge in [0.2, 0.25) is 0 Å². The zero-order valence-electron chi connectivity index (χ0n) is 12.9. The fraction of sp³-hybridized carbons (Fsp3) is 0.333. The molecular formula is C18H24N2. The van der Waals surface area contributed by atoms with Gasteiger partial charge in [0.05, 0.1) is 0 Å². The SMILES string of the molecule is CCC(N)c1ccc(N(C)c2cc(C)cc(C)c2)cc1. The molecule has 0 amide bonds. The molecule has 2 N–H and O–H groups in total. The van der Waals surface area contributed by atoms with Gasteiger partial charge in [-0.2, -0.15) is 0 Å². The topological polar surface area (TPSA) is 29.3 Å². The Balaban J connectivity index is 2.26. The first-order chi connectivity index (χ1) is 9.51. The molecule has 1 unspecified atom stereocenters. The maximum absolute atomic E-state index is 6.06. The molecule has 106 valence electrons. The van der Waals surface area contributed by atoms with Crippen LogP contribution in [-0.4, -0.2) is 7.05 Å². The smallest absolute Gasteiger partial charge is 0.0413 e. The van der Waals surface area contributed by atoms with Crippen LogP contribution < -0.4 is 10.6 Å². The predicted molar refractivity (Wildman–Crippen MR) is 87.6 cm³/mol. The molecule has 0 aliphatic carbocycles. The molecule has 2 aromatic carbocycles. The quantitative estimate of drug-likeness (QED) is 0.885. The molecule has 0 aliphatic rings. The van der Waals surface area contributed by atoms with Crippen molar-refractivity contribution in [1.82, 2.24) is 0 Å². The molecule has 0 heterocycles. The third kappa shape index (κ3) is 3.20. The van der Waals surface area contributed by atoms with Crippen molar-refractivity contribution < 1.29 is 0 Å². The van der Waals surface area contributed by atoms with Gasteiger partial charge < -0.3 is 10.6 Å². The van der Waals surface area contributed by atoms with E-state index >= 15 is 0 Å². The average Bonchev–Trinajstić information content (AvgIpc) is 2.45. The predicted octanol–water partition coefficient (Wildman–Crippen LogP) is 4.48. The van der Waals surface area contributed by atoms with E-state index < -0.39 is 0 Å². The maximum atomic E-state index is 6.06. The number of benzene rings is 2. The third-order valence-electron chi connectivity index (χ3n) is 3.74. The van der Waals surface area contributed by atoms with Crippen LogP contribution >= 0.6 is 0 Å². The highest BCUT2D eigenvalue weighted by Crippen LogP contribution is 2.26. The van der Waals surface area contributed by atoms with Crippen LogP contribution in [0.25, 0.3) is 0 Å². The van der Waals surface area contributed by atoms with E-state index in [0.29, 0.717) is 0 Å². The van der Waals surface area contributed by atoms with Gasteiger partial charge in [0.25, 0.3) is 0 Å². The Morgan fingerprint density at radius 3 is 2.00 bits per heavy atom.